The van der Waals surface area contributed by atoms with Crippen molar-refractivity contribution in [3.63, 3.8) is 0 Å². The van der Waals surface area contributed by atoms with Crippen LogP contribution in [0.1, 0.15) is 24.8 Å². The Hall–Kier alpha value is -1.07. The Morgan fingerprint density at radius 1 is 1.39 bits per heavy atom. The molecule has 0 saturated carbocycles. The lowest BCUT2D eigenvalue weighted by Crippen LogP contribution is -2.35. The molecule has 0 aromatic heterocycles. The van der Waals surface area contributed by atoms with Gasteiger partial charge in [-0.2, -0.15) is 0 Å². The molecule has 1 atom stereocenters. The second-order valence-electron chi connectivity index (χ2n) is 5.18. The molecule has 4 nitrogen and oxygen atoms in total. The zero-order valence-corrected chi connectivity index (χ0v) is 11.6. The van der Waals surface area contributed by atoms with E-state index in [-0.39, 0.29) is 17.7 Å². The number of thioether (sulfide) groups is 1. The van der Waals surface area contributed by atoms with Crippen LogP contribution < -0.4 is 19.5 Å². The van der Waals surface area contributed by atoms with E-state index in [0.29, 0.717) is 5.75 Å². The van der Waals surface area contributed by atoms with Gasteiger partial charge in [0.05, 0.1) is 12.5 Å². The smallest absolute Gasteiger partial charge is 0.231 e. The Kier molecular flexibility index (Phi) is 2.83. The molecule has 18 heavy (non-hydrogen) atoms. The van der Waals surface area contributed by atoms with Gasteiger partial charge < -0.3 is 14.2 Å². The standard InChI is InChI=1S/C13H17NO3S/c1-13(2)6-18-12(14-13)8-4-9(15-3)11-10(5-8)16-7-17-11/h4-5,12,14H,6-7H2,1-3H3. The van der Waals surface area contributed by atoms with Crippen molar-refractivity contribution in [2.75, 3.05) is 19.7 Å². The Morgan fingerprint density at radius 3 is 2.89 bits per heavy atom. The summed E-state index contributed by atoms with van der Waals surface area (Å²) in [5.41, 5.74) is 1.34. The highest BCUT2D eigenvalue weighted by Gasteiger charge is 2.33. The molecule has 3 rings (SSSR count). The molecule has 2 aliphatic heterocycles. The van der Waals surface area contributed by atoms with Gasteiger partial charge in [0.25, 0.3) is 0 Å². The highest BCUT2D eigenvalue weighted by Crippen LogP contribution is 2.46. The lowest BCUT2D eigenvalue weighted by Gasteiger charge is -2.19. The summed E-state index contributed by atoms with van der Waals surface area (Å²) in [5, 5.41) is 3.88. The molecule has 5 heteroatoms. The minimum Gasteiger partial charge on any atom is -0.493 e. The highest BCUT2D eigenvalue weighted by atomic mass is 32.2. The number of rotatable bonds is 2. The monoisotopic (exact) mass is 267 g/mol. The maximum absolute atomic E-state index is 5.45. The summed E-state index contributed by atoms with van der Waals surface area (Å²) in [4.78, 5) is 0. The van der Waals surface area contributed by atoms with E-state index in [4.69, 9.17) is 14.2 Å². The predicted octanol–water partition coefficient (Wildman–Crippen LogP) is 2.54. The molecule has 1 N–H and O–H groups in total. The van der Waals surface area contributed by atoms with Crippen LogP contribution in [0.15, 0.2) is 12.1 Å². The summed E-state index contributed by atoms with van der Waals surface area (Å²) >= 11 is 1.90. The zero-order valence-electron chi connectivity index (χ0n) is 10.8. The molecule has 2 heterocycles. The number of ether oxygens (including phenoxy) is 3. The molecule has 1 saturated heterocycles. The van der Waals surface area contributed by atoms with E-state index >= 15 is 0 Å². The first-order valence-electron chi connectivity index (χ1n) is 5.96. The normalized spacial score (nSPS) is 24.3. The predicted molar refractivity (Wildman–Crippen MR) is 71.5 cm³/mol. The number of benzene rings is 1. The van der Waals surface area contributed by atoms with Crippen molar-refractivity contribution in [1.82, 2.24) is 5.32 Å². The highest BCUT2D eigenvalue weighted by molar-refractivity contribution is 7.99. The second-order valence-corrected chi connectivity index (χ2v) is 6.27. The molecule has 0 aliphatic carbocycles. The van der Waals surface area contributed by atoms with Gasteiger partial charge in [-0.1, -0.05) is 0 Å². The molecule has 1 aromatic rings. The topological polar surface area (TPSA) is 39.7 Å². The van der Waals surface area contributed by atoms with E-state index in [2.05, 4.69) is 19.2 Å². The van der Waals surface area contributed by atoms with Gasteiger partial charge in [-0.3, -0.25) is 5.32 Å². The summed E-state index contributed by atoms with van der Waals surface area (Å²) in [5.74, 6) is 3.32. The van der Waals surface area contributed by atoms with Crippen LogP contribution in [-0.4, -0.2) is 25.2 Å². The Labute approximate surface area is 111 Å². The van der Waals surface area contributed by atoms with Crippen molar-refractivity contribution in [2.24, 2.45) is 0 Å². The Morgan fingerprint density at radius 2 is 2.22 bits per heavy atom. The number of methoxy groups -OCH3 is 1. The van der Waals surface area contributed by atoms with Gasteiger partial charge in [-0.15, -0.1) is 11.8 Å². The molecular weight excluding hydrogens is 250 g/mol. The lowest BCUT2D eigenvalue weighted by molar-refractivity contribution is 0.171. The summed E-state index contributed by atoms with van der Waals surface area (Å²) in [6.07, 6.45) is 0. The van der Waals surface area contributed by atoms with Crippen molar-refractivity contribution in [2.45, 2.75) is 24.8 Å². The van der Waals surface area contributed by atoms with Gasteiger partial charge in [0.1, 0.15) is 0 Å². The van der Waals surface area contributed by atoms with Crippen LogP contribution in [0.2, 0.25) is 0 Å². The number of nitrogens with one attached hydrogen (secondary N) is 1. The largest absolute Gasteiger partial charge is 0.493 e. The number of hydrogen-bond donors (Lipinski definition) is 1. The van der Waals surface area contributed by atoms with Gasteiger partial charge in [-0.25, -0.2) is 0 Å². The second kappa shape index (κ2) is 4.24. The van der Waals surface area contributed by atoms with Crippen molar-refractivity contribution >= 4 is 11.8 Å². The maximum atomic E-state index is 5.45. The first-order valence-corrected chi connectivity index (χ1v) is 7.01. The molecule has 0 amide bonds. The molecular formula is C13H17NO3S. The minimum absolute atomic E-state index is 0.166. The zero-order chi connectivity index (χ0) is 12.8. The van der Waals surface area contributed by atoms with Gasteiger partial charge >= 0.3 is 0 Å². The lowest BCUT2D eigenvalue weighted by atomic mass is 10.1. The average molecular weight is 267 g/mol. The summed E-state index contributed by atoms with van der Waals surface area (Å²) in [6, 6.07) is 4.07. The third kappa shape index (κ3) is 2.01. The first kappa shape index (κ1) is 12.0. The number of hydrogen-bond acceptors (Lipinski definition) is 5. The molecule has 1 fully saturated rings. The molecule has 1 aromatic carbocycles. The van der Waals surface area contributed by atoms with Crippen LogP contribution in [-0.2, 0) is 0 Å². The SMILES string of the molecule is COc1cc(C2NC(C)(C)CS2)cc2c1OCO2. The molecule has 98 valence electrons. The van der Waals surface area contributed by atoms with Crippen molar-refractivity contribution in [1.29, 1.82) is 0 Å². The van der Waals surface area contributed by atoms with E-state index in [1.54, 1.807) is 7.11 Å². The average Bonchev–Trinajstić information content (AvgIpc) is 2.93. The summed E-state index contributed by atoms with van der Waals surface area (Å²) < 4.78 is 16.2. The van der Waals surface area contributed by atoms with Crippen LogP contribution in [0.3, 0.4) is 0 Å². The number of fused-ring (bicyclic) bond motifs is 1. The quantitative estimate of drug-likeness (QED) is 0.891. The summed E-state index contributed by atoms with van der Waals surface area (Å²) in [6.45, 7) is 4.69. The van der Waals surface area contributed by atoms with Gasteiger partial charge in [-0.05, 0) is 31.5 Å². The third-order valence-electron chi connectivity index (χ3n) is 3.12. The molecule has 2 aliphatic rings. The van der Waals surface area contributed by atoms with Crippen molar-refractivity contribution in [3.05, 3.63) is 17.7 Å². The fourth-order valence-electron chi connectivity index (χ4n) is 2.21. The fraction of sp³-hybridized carbons (Fsp3) is 0.538. The van der Waals surface area contributed by atoms with Crippen LogP contribution in [0.4, 0.5) is 0 Å². The van der Waals surface area contributed by atoms with E-state index < -0.39 is 0 Å². The third-order valence-corrected chi connectivity index (χ3v) is 4.73. The first-order chi connectivity index (χ1) is 8.59. The molecule has 0 bridgehead atoms. The minimum atomic E-state index is 0.166. The molecule has 1 unspecified atom stereocenters. The van der Waals surface area contributed by atoms with Gasteiger partial charge in [0.2, 0.25) is 12.5 Å². The van der Waals surface area contributed by atoms with Crippen LogP contribution in [0.25, 0.3) is 0 Å². The van der Waals surface area contributed by atoms with E-state index in [1.807, 2.05) is 23.9 Å². The van der Waals surface area contributed by atoms with Crippen molar-refractivity contribution < 1.29 is 14.2 Å². The Bertz CT molecular complexity index is 476. The van der Waals surface area contributed by atoms with E-state index in [0.717, 1.165) is 17.3 Å². The maximum Gasteiger partial charge on any atom is 0.231 e. The van der Waals surface area contributed by atoms with Gasteiger partial charge in [0.15, 0.2) is 11.5 Å². The fourth-order valence-corrected chi connectivity index (χ4v) is 3.61. The Balaban J connectivity index is 1.94. The van der Waals surface area contributed by atoms with E-state index in [1.165, 1.54) is 5.56 Å². The van der Waals surface area contributed by atoms with Crippen LogP contribution in [0.5, 0.6) is 17.2 Å². The van der Waals surface area contributed by atoms with Gasteiger partial charge in [0, 0.05) is 11.3 Å². The van der Waals surface area contributed by atoms with Crippen LogP contribution >= 0.6 is 11.8 Å². The summed E-state index contributed by atoms with van der Waals surface area (Å²) in [7, 11) is 1.65. The molecule has 0 spiro atoms. The molecule has 0 radical (unpaired) electrons. The van der Waals surface area contributed by atoms with Crippen molar-refractivity contribution in [3.8, 4) is 17.2 Å². The van der Waals surface area contributed by atoms with E-state index in [9.17, 15) is 0 Å². The van der Waals surface area contributed by atoms with Crippen LogP contribution in [0, 0.1) is 0 Å².